The Morgan fingerprint density at radius 3 is 2.71 bits per heavy atom. The molecule has 0 bridgehead atoms. The number of rotatable bonds is 3. The number of nitrogens with one attached hydrogen (secondary N) is 1. The van der Waals surface area contributed by atoms with Crippen molar-refractivity contribution < 1.29 is 0 Å². The number of hydrogen-bond donors (Lipinski definition) is 1. The predicted octanol–water partition coefficient (Wildman–Crippen LogP) is 3.73. The second-order valence-electron chi connectivity index (χ2n) is 6.11. The first-order valence-electron chi connectivity index (χ1n) is 6.57. The molecule has 3 nitrogen and oxygen atoms in total. The minimum absolute atomic E-state index is 0.452. The Kier molecular flexibility index (Phi) is 3.71. The molecule has 1 aromatic rings. The van der Waals surface area contributed by atoms with Crippen LogP contribution >= 0.6 is 11.3 Å². The minimum Gasteiger partial charge on any atom is -0.357 e. The topological polar surface area (TPSA) is 37.8 Å². The molecule has 17 heavy (non-hydrogen) atoms. The average molecular weight is 253 g/mol. The standard InChI is InChI=1S/C13H23N3S/c1-5-11-15-16-12(17-11)14-10-6-9(2)7-13(3,4)8-10/h9-10H,5-8H2,1-4H3,(H,14,16). The van der Waals surface area contributed by atoms with E-state index in [0.29, 0.717) is 11.5 Å². The lowest BCUT2D eigenvalue weighted by molar-refractivity contribution is 0.178. The van der Waals surface area contributed by atoms with Crippen molar-refractivity contribution in [3.63, 3.8) is 0 Å². The summed E-state index contributed by atoms with van der Waals surface area (Å²) in [6.07, 6.45) is 4.80. The Bertz CT molecular complexity index is 372. The average Bonchev–Trinajstić information content (AvgIpc) is 2.62. The van der Waals surface area contributed by atoms with E-state index in [0.717, 1.165) is 22.5 Å². The van der Waals surface area contributed by atoms with Crippen molar-refractivity contribution >= 4 is 16.5 Å². The van der Waals surface area contributed by atoms with E-state index in [9.17, 15) is 0 Å². The van der Waals surface area contributed by atoms with E-state index in [1.54, 1.807) is 11.3 Å². The molecule has 0 radical (unpaired) electrons. The van der Waals surface area contributed by atoms with Crippen LogP contribution in [-0.2, 0) is 6.42 Å². The van der Waals surface area contributed by atoms with Gasteiger partial charge < -0.3 is 5.32 Å². The fourth-order valence-electron chi connectivity index (χ4n) is 3.09. The van der Waals surface area contributed by atoms with Gasteiger partial charge in [0.25, 0.3) is 0 Å². The van der Waals surface area contributed by atoms with Gasteiger partial charge in [-0.05, 0) is 37.0 Å². The number of aromatic nitrogens is 2. The second-order valence-corrected chi connectivity index (χ2v) is 7.17. The minimum atomic E-state index is 0.452. The van der Waals surface area contributed by atoms with Gasteiger partial charge in [-0.25, -0.2) is 0 Å². The van der Waals surface area contributed by atoms with Gasteiger partial charge in [0.05, 0.1) is 0 Å². The van der Waals surface area contributed by atoms with Crippen molar-refractivity contribution in [3.8, 4) is 0 Å². The Hall–Kier alpha value is -0.640. The molecule has 0 aliphatic heterocycles. The molecular weight excluding hydrogens is 230 g/mol. The van der Waals surface area contributed by atoms with E-state index in [1.165, 1.54) is 19.3 Å². The van der Waals surface area contributed by atoms with E-state index in [4.69, 9.17) is 0 Å². The summed E-state index contributed by atoms with van der Waals surface area (Å²) in [7, 11) is 0. The Labute approximate surface area is 108 Å². The molecule has 1 fully saturated rings. The molecular formula is C13H23N3S. The Balaban J connectivity index is 1.98. The molecule has 1 heterocycles. The van der Waals surface area contributed by atoms with Crippen LogP contribution in [0.3, 0.4) is 0 Å². The molecule has 4 heteroatoms. The van der Waals surface area contributed by atoms with Gasteiger partial charge in [0.2, 0.25) is 5.13 Å². The maximum Gasteiger partial charge on any atom is 0.205 e. The maximum atomic E-state index is 4.21. The Morgan fingerprint density at radius 1 is 1.35 bits per heavy atom. The van der Waals surface area contributed by atoms with Crippen LogP contribution in [-0.4, -0.2) is 16.2 Å². The van der Waals surface area contributed by atoms with Crippen molar-refractivity contribution in [3.05, 3.63) is 5.01 Å². The van der Waals surface area contributed by atoms with E-state index >= 15 is 0 Å². The van der Waals surface area contributed by atoms with Crippen molar-refractivity contribution in [1.29, 1.82) is 0 Å². The summed E-state index contributed by atoms with van der Waals surface area (Å²) in [5, 5.41) is 14.1. The van der Waals surface area contributed by atoms with Gasteiger partial charge in [-0.2, -0.15) is 0 Å². The van der Waals surface area contributed by atoms with Gasteiger partial charge >= 0.3 is 0 Å². The zero-order chi connectivity index (χ0) is 12.5. The maximum absolute atomic E-state index is 4.21. The smallest absolute Gasteiger partial charge is 0.205 e. The van der Waals surface area contributed by atoms with Gasteiger partial charge in [0, 0.05) is 6.04 Å². The molecule has 2 rings (SSSR count). The normalized spacial score (nSPS) is 28.0. The van der Waals surface area contributed by atoms with E-state index in [-0.39, 0.29) is 0 Å². The molecule has 1 aromatic heterocycles. The lowest BCUT2D eigenvalue weighted by Crippen LogP contribution is -2.35. The van der Waals surface area contributed by atoms with Crippen LogP contribution in [0.1, 0.15) is 52.0 Å². The van der Waals surface area contributed by atoms with E-state index in [1.807, 2.05) is 0 Å². The van der Waals surface area contributed by atoms with E-state index in [2.05, 4.69) is 43.2 Å². The summed E-state index contributed by atoms with van der Waals surface area (Å²) in [4.78, 5) is 0. The fraction of sp³-hybridized carbons (Fsp3) is 0.846. The number of hydrogen-bond acceptors (Lipinski definition) is 4. The predicted molar refractivity (Wildman–Crippen MR) is 73.5 cm³/mol. The first-order chi connectivity index (χ1) is 7.98. The summed E-state index contributed by atoms with van der Waals surface area (Å²) in [6.45, 7) is 9.22. The number of nitrogens with zero attached hydrogens (tertiary/aromatic N) is 2. The second kappa shape index (κ2) is 4.92. The third-order valence-electron chi connectivity index (χ3n) is 3.48. The van der Waals surface area contributed by atoms with Crippen LogP contribution in [0.15, 0.2) is 0 Å². The number of aryl methyl sites for hydroxylation is 1. The van der Waals surface area contributed by atoms with Gasteiger partial charge in [0.1, 0.15) is 5.01 Å². The highest BCUT2D eigenvalue weighted by atomic mass is 32.1. The largest absolute Gasteiger partial charge is 0.357 e. The van der Waals surface area contributed by atoms with E-state index < -0.39 is 0 Å². The summed E-state index contributed by atoms with van der Waals surface area (Å²) in [6, 6.07) is 0.561. The molecule has 1 N–H and O–H groups in total. The molecule has 0 spiro atoms. The third kappa shape index (κ3) is 3.41. The molecule has 96 valence electrons. The van der Waals surface area contributed by atoms with Gasteiger partial charge in [-0.15, -0.1) is 10.2 Å². The summed E-state index contributed by atoms with van der Waals surface area (Å²) in [5.74, 6) is 0.801. The third-order valence-corrected chi connectivity index (χ3v) is 4.48. The highest BCUT2D eigenvalue weighted by Gasteiger charge is 2.32. The van der Waals surface area contributed by atoms with Crippen LogP contribution in [0.2, 0.25) is 0 Å². The molecule has 0 aromatic carbocycles. The molecule has 0 saturated heterocycles. The molecule has 0 amide bonds. The first-order valence-corrected chi connectivity index (χ1v) is 7.39. The number of anilines is 1. The van der Waals surface area contributed by atoms with Crippen LogP contribution in [0.4, 0.5) is 5.13 Å². The molecule has 1 aliphatic carbocycles. The quantitative estimate of drug-likeness (QED) is 0.892. The van der Waals surface area contributed by atoms with Crippen LogP contribution in [0.5, 0.6) is 0 Å². The summed E-state index contributed by atoms with van der Waals surface area (Å²) >= 11 is 1.69. The monoisotopic (exact) mass is 253 g/mol. The lowest BCUT2D eigenvalue weighted by atomic mass is 9.71. The van der Waals surface area contributed by atoms with Crippen molar-refractivity contribution in [2.45, 2.75) is 59.4 Å². The van der Waals surface area contributed by atoms with Crippen molar-refractivity contribution in [1.82, 2.24) is 10.2 Å². The van der Waals surface area contributed by atoms with Crippen molar-refractivity contribution in [2.24, 2.45) is 11.3 Å². The van der Waals surface area contributed by atoms with Crippen molar-refractivity contribution in [2.75, 3.05) is 5.32 Å². The van der Waals surface area contributed by atoms with Crippen LogP contribution in [0.25, 0.3) is 0 Å². The molecule has 2 atom stereocenters. The Morgan fingerprint density at radius 2 is 2.12 bits per heavy atom. The lowest BCUT2D eigenvalue weighted by Gasteiger charge is -2.39. The van der Waals surface area contributed by atoms with Gasteiger partial charge in [0.15, 0.2) is 0 Å². The summed E-state index contributed by atoms with van der Waals surface area (Å²) in [5.41, 5.74) is 0.452. The zero-order valence-corrected chi connectivity index (χ0v) is 12.1. The van der Waals surface area contributed by atoms with Gasteiger partial charge in [-0.1, -0.05) is 39.0 Å². The molecule has 2 unspecified atom stereocenters. The first kappa shape index (κ1) is 12.8. The molecule has 1 saturated carbocycles. The van der Waals surface area contributed by atoms with Crippen LogP contribution in [0, 0.1) is 11.3 Å². The zero-order valence-electron chi connectivity index (χ0n) is 11.3. The fourth-order valence-corrected chi connectivity index (χ4v) is 3.84. The highest BCUT2D eigenvalue weighted by molar-refractivity contribution is 7.15. The van der Waals surface area contributed by atoms with Crippen LogP contribution < -0.4 is 5.32 Å². The summed E-state index contributed by atoms with van der Waals surface area (Å²) < 4.78 is 0. The SMILES string of the molecule is CCc1nnc(NC2CC(C)CC(C)(C)C2)s1. The highest BCUT2D eigenvalue weighted by Crippen LogP contribution is 2.39. The molecule has 1 aliphatic rings. The van der Waals surface area contributed by atoms with Gasteiger partial charge in [-0.3, -0.25) is 0 Å².